The number of amides is 1. The number of carbonyl (C=O) groups is 1. The molecule has 1 aromatic carbocycles. The van der Waals surface area contributed by atoms with Crippen LogP contribution in [0.4, 0.5) is 5.69 Å². The number of hydrogen-bond acceptors (Lipinski definition) is 4. The summed E-state index contributed by atoms with van der Waals surface area (Å²) in [7, 11) is 0. The fourth-order valence-corrected chi connectivity index (χ4v) is 3.07. The molecular weight excluding hydrogens is 314 g/mol. The van der Waals surface area contributed by atoms with Gasteiger partial charge in [0.1, 0.15) is 0 Å². The van der Waals surface area contributed by atoms with Crippen molar-refractivity contribution in [3.05, 3.63) is 47.3 Å². The van der Waals surface area contributed by atoms with Gasteiger partial charge >= 0.3 is 0 Å². The number of aryl methyl sites for hydroxylation is 1. The molecule has 1 fully saturated rings. The Morgan fingerprint density at radius 1 is 1.12 bits per heavy atom. The number of nitrogens with one attached hydrogen (secondary N) is 2. The van der Waals surface area contributed by atoms with Gasteiger partial charge in [-0.25, -0.2) is 0 Å². The minimum Gasteiger partial charge on any atom is -0.321 e. The monoisotopic (exact) mass is 341 g/mol. The van der Waals surface area contributed by atoms with Crippen molar-refractivity contribution in [3.63, 3.8) is 0 Å². The van der Waals surface area contributed by atoms with Crippen LogP contribution in [-0.2, 0) is 13.0 Å². The second-order valence-electron chi connectivity index (χ2n) is 6.49. The van der Waals surface area contributed by atoms with Crippen LogP contribution < -0.4 is 5.32 Å². The SMILES string of the molecule is CCc1cc(C(=O)Nc2ccc(CN3CCN(CC)CC3)cc2)n[nH]1. The molecule has 0 bridgehead atoms. The average molecular weight is 341 g/mol. The number of hydrogen-bond donors (Lipinski definition) is 2. The first-order valence-electron chi connectivity index (χ1n) is 9.07. The molecular formula is C19H27N5O. The molecule has 25 heavy (non-hydrogen) atoms. The Balaban J connectivity index is 1.52. The van der Waals surface area contributed by atoms with E-state index in [0.717, 1.165) is 57.1 Å². The lowest BCUT2D eigenvalue weighted by Gasteiger charge is -2.34. The van der Waals surface area contributed by atoms with Gasteiger partial charge in [-0.15, -0.1) is 0 Å². The third-order valence-electron chi connectivity index (χ3n) is 4.77. The summed E-state index contributed by atoms with van der Waals surface area (Å²) >= 11 is 0. The molecule has 134 valence electrons. The molecule has 0 radical (unpaired) electrons. The molecule has 1 saturated heterocycles. The molecule has 0 unspecified atom stereocenters. The van der Waals surface area contributed by atoms with Crippen LogP contribution in [-0.4, -0.2) is 58.6 Å². The maximum absolute atomic E-state index is 12.2. The number of rotatable bonds is 6. The first-order chi connectivity index (χ1) is 12.2. The van der Waals surface area contributed by atoms with Gasteiger partial charge in [0.2, 0.25) is 0 Å². The summed E-state index contributed by atoms with van der Waals surface area (Å²) in [5.41, 5.74) is 3.46. The van der Waals surface area contributed by atoms with Gasteiger partial charge < -0.3 is 10.2 Å². The first-order valence-corrected chi connectivity index (χ1v) is 9.07. The number of piperazine rings is 1. The minimum atomic E-state index is -0.181. The van der Waals surface area contributed by atoms with E-state index in [2.05, 4.69) is 44.4 Å². The van der Waals surface area contributed by atoms with Crippen molar-refractivity contribution in [3.8, 4) is 0 Å². The number of H-pyrrole nitrogens is 1. The van der Waals surface area contributed by atoms with Gasteiger partial charge in [-0.2, -0.15) is 5.10 Å². The van der Waals surface area contributed by atoms with Crippen LogP contribution in [0.1, 0.15) is 35.6 Å². The molecule has 2 aromatic rings. The summed E-state index contributed by atoms with van der Waals surface area (Å²) < 4.78 is 0. The van der Waals surface area contributed by atoms with E-state index in [9.17, 15) is 4.79 Å². The fourth-order valence-electron chi connectivity index (χ4n) is 3.07. The molecule has 0 atom stereocenters. The third-order valence-corrected chi connectivity index (χ3v) is 4.77. The number of likely N-dealkylation sites (N-methyl/N-ethyl adjacent to an activating group) is 1. The molecule has 6 nitrogen and oxygen atoms in total. The standard InChI is InChI=1S/C19H27N5O/c1-3-16-13-18(22-21-16)19(25)20-17-7-5-15(6-8-17)14-24-11-9-23(4-2)10-12-24/h5-8,13H,3-4,9-12,14H2,1-2H3,(H,20,25)(H,21,22). The van der Waals surface area contributed by atoms with Crippen molar-refractivity contribution in [1.29, 1.82) is 0 Å². The van der Waals surface area contributed by atoms with Crippen LogP contribution in [0.25, 0.3) is 0 Å². The van der Waals surface area contributed by atoms with E-state index in [1.165, 1.54) is 5.56 Å². The summed E-state index contributed by atoms with van der Waals surface area (Å²) in [5, 5.41) is 9.81. The van der Waals surface area contributed by atoms with Gasteiger partial charge in [0.15, 0.2) is 5.69 Å². The number of nitrogens with zero attached hydrogens (tertiary/aromatic N) is 3. The zero-order valence-electron chi connectivity index (χ0n) is 15.1. The van der Waals surface area contributed by atoms with Crippen LogP contribution in [0.15, 0.2) is 30.3 Å². The third kappa shape index (κ3) is 4.67. The normalized spacial score (nSPS) is 16.1. The molecule has 1 amide bonds. The van der Waals surface area contributed by atoms with E-state index < -0.39 is 0 Å². The molecule has 0 saturated carbocycles. The van der Waals surface area contributed by atoms with E-state index in [1.807, 2.05) is 19.1 Å². The van der Waals surface area contributed by atoms with Crippen LogP contribution >= 0.6 is 0 Å². The molecule has 0 aliphatic carbocycles. The van der Waals surface area contributed by atoms with E-state index >= 15 is 0 Å². The van der Waals surface area contributed by atoms with E-state index in [-0.39, 0.29) is 5.91 Å². The smallest absolute Gasteiger partial charge is 0.276 e. The number of aromatic nitrogens is 2. The van der Waals surface area contributed by atoms with E-state index in [1.54, 1.807) is 6.07 Å². The highest BCUT2D eigenvalue weighted by Gasteiger charge is 2.15. The lowest BCUT2D eigenvalue weighted by atomic mass is 10.1. The topological polar surface area (TPSA) is 64.3 Å². The van der Waals surface area contributed by atoms with Gasteiger partial charge in [-0.1, -0.05) is 26.0 Å². The van der Waals surface area contributed by atoms with Gasteiger partial charge in [0.05, 0.1) is 0 Å². The molecule has 0 spiro atoms. The second-order valence-corrected chi connectivity index (χ2v) is 6.49. The van der Waals surface area contributed by atoms with Crippen LogP contribution in [0.2, 0.25) is 0 Å². The number of carbonyl (C=O) groups excluding carboxylic acids is 1. The Morgan fingerprint density at radius 3 is 2.40 bits per heavy atom. The van der Waals surface area contributed by atoms with Gasteiger partial charge in [-0.05, 0) is 36.7 Å². The molecule has 1 aliphatic rings. The Kier molecular flexibility index (Phi) is 5.83. The highest BCUT2D eigenvalue weighted by atomic mass is 16.1. The van der Waals surface area contributed by atoms with Gasteiger partial charge in [0, 0.05) is 44.1 Å². The summed E-state index contributed by atoms with van der Waals surface area (Å²) in [6.07, 6.45) is 0.835. The van der Waals surface area contributed by atoms with Crippen molar-refractivity contribution < 1.29 is 4.79 Å². The predicted molar refractivity (Wildman–Crippen MR) is 99.8 cm³/mol. The van der Waals surface area contributed by atoms with Crippen LogP contribution in [0, 0.1) is 0 Å². The zero-order chi connectivity index (χ0) is 17.6. The second kappa shape index (κ2) is 8.27. The molecule has 1 aliphatic heterocycles. The fraction of sp³-hybridized carbons (Fsp3) is 0.474. The predicted octanol–water partition coefficient (Wildman–Crippen LogP) is 2.36. The van der Waals surface area contributed by atoms with Crippen molar-refractivity contribution in [1.82, 2.24) is 20.0 Å². The van der Waals surface area contributed by atoms with Gasteiger partial charge in [-0.3, -0.25) is 14.8 Å². The Labute approximate surface area is 149 Å². The first kappa shape index (κ1) is 17.6. The summed E-state index contributed by atoms with van der Waals surface area (Å²) in [6.45, 7) is 10.9. The van der Waals surface area contributed by atoms with Crippen molar-refractivity contribution >= 4 is 11.6 Å². The molecule has 6 heteroatoms. The molecule has 2 N–H and O–H groups in total. The minimum absolute atomic E-state index is 0.181. The Hall–Kier alpha value is -2.18. The Morgan fingerprint density at radius 2 is 1.80 bits per heavy atom. The van der Waals surface area contributed by atoms with Crippen molar-refractivity contribution in [2.75, 3.05) is 38.0 Å². The lowest BCUT2D eigenvalue weighted by Crippen LogP contribution is -2.45. The largest absolute Gasteiger partial charge is 0.321 e. The highest BCUT2D eigenvalue weighted by Crippen LogP contribution is 2.14. The highest BCUT2D eigenvalue weighted by molar-refractivity contribution is 6.02. The maximum atomic E-state index is 12.2. The summed E-state index contributed by atoms with van der Waals surface area (Å²) in [4.78, 5) is 17.2. The van der Waals surface area contributed by atoms with Crippen LogP contribution in [0.5, 0.6) is 0 Å². The molecule has 1 aromatic heterocycles. The quantitative estimate of drug-likeness (QED) is 0.847. The molecule has 2 heterocycles. The van der Waals surface area contributed by atoms with Crippen molar-refractivity contribution in [2.45, 2.75) is 26.8 Å². The van der Waals surface area contributed by atoms with Crippen molar-refractivity contribution in [2.24, 2.45) is 0 Å². The molecule has 3 rings (SSSR count). The maximum Gasteiger partial charge on any atom is 0.276 e. The van der Waals surface area contributed by atoms with Crippen LogP contribution in [0.3, 0.4) is 0 Å². The summed E-state index contributed by atoms with van der Waals surface area (Å²) in [5.74, 6) is -0.181. The number of aromatic amines is 1. The van der Waals surface area contributed by atoms with E-state index in [4.69, 9.17) is 0 Å². The summed E-state index contributed by atoms with van der Waals surface area (Å²) in [6, 6.07) is 9.89. The average Bonchev–Trinajstić information content (AvgIpc) is 3.13. The number of benzene rings is 1. The lowest BCUT2D eigenvalue weighted by molar-refractivity contribution is 0.102. The zero-order valence-corrected chi connectivity index (χ0v) is 15.1. The Bertz CT molecular complexity index is 686. The van der Waals surface area contributed by atoms with E-state index in [0.29, 0.717) is 5.69 Å². The van der Waals surface area contributed by atoms with Gasteiger partial charge in [0.25, 0.3) is 5.91 Å². The number of anilines is 1.